The summed E-state index contributed by atoms with van der Waals surface area (Å²) < 4.78 is 39.1. The lowest BCUT2D eigenvalue weighted by molar-refractivity contribution is -0.161. The van der Waals surface area contributed by atoms with Crippen LogP contribution >= 0.6 is 7.82 Å². The fraction of sp³-hybridized carbons (Fsp3) is 0.800. The molecule has 1 aromatic rings. The van der Waals surface area contributed by atoms with Crippen LogP contribution in [0.4, 0.5) is 0 Å². The second-order valence-corrected chi connectivity index (χ2v) is 17.7. The fourth-order valence-electron chi connectivity index (χ4n) is 7.54. The average molecular weight is 856 g/mol. The number of aliphatic hydroxyl groups is 2. The molecule has 13 nitrogen and oxygen atoms in total. The molecule has 0 aliphatic heterocycles. The van der Waals surface area contributed by atoms with Gasteiger partial charge in [0.1, 0.15) is 23.9 Å². The van der Waals surface area contributed by atoms with Crippen molar-refractivity contribution in [1.82, 2.24) is 0 Å². The first-order chi connectivity index (χ1) is 28.3. The molecule has 59 heavy (non-hydrogen) atoms. The zero-order valence-electron chi connectivity index (χ0n) is 36.7. The van der Waals surface area contributed by atoms with E-state index in [4.69, 9.17) is 28.7 Å². The molecule has 2 rings (SSSR count). The highest BCUT2D eigenvalue weighted by Crippen LogP contribution is 2.43. The monoisotopic (exact) mass is 856 g/mol. The highest BCUT2D eigenvalue weighted by atomic mass is 31.2. The van der Waals surface area contributed by atoms with E-state index in [1.54, 1.807) is 12.2 Å². The third-order valence-electron chi connectivity index (χ3n) is 11.3. The Kier molecular flexibility index (Phi) is 27.4. The van der Waals surface area contributed by atoms with Gasteiger partial charge in [-0.05, 0) is 69.4 Å². The number of aryl methyl sites for hydroxylation is 2. The molecule has 5 N–H and O–H groups in total. The number of ketones is 1. The Morgan fingerprint density at radius 2 is 1.41 bits per heavy atom. The van der Waals surface area contributed by atoms with Gasteiger partial charge in [-0.1, -0.05) is 103 Å². The fourth-order valence-corrected chi connectivity index (χ4v) is 8.31. The van der Waals surface area contributed by atoms with E-state index in [1.165, 1.54) is 24.0 Å². The Labute approximate surface area is 354 Å². The van der Waals surface area contributed by atoms with E-state index in [0.717, 1.165) is 101 Å². The third kappa shape index (κ3) is 22.3. The number of hydrogen-bond donors (Lipinski definition) is 4. The van der Waals surface area contributed by atoms with Crippen molar-refractivity contribution in [3.8, 4) is 0 Å². The van der Waals surface area contributed by atoms with E-state index in [0.29, 0.717) is 25.7 Å². The minimum absolute atomic E-state index is 0.00118. The van der Waals surface area contributed by atoms with E-state index in [1.807, 2.05) is 0 Å². The lowest BCUT2D eigenvalue weighted by Gasteiger charge is -2.20. The number of esters is 2. The molecule has 1 saturated carbocycles. The third-order valence-corrected chi connectivity index (χ3v) is 12.2. The van der Waals surface area contributed by atoms with Gasteiger partial charge >= 0.3 is 19.8 Å². The van der Waals surface area contributed by atoms with Crippen molar-refractivity contribution in [3.63, 3.8) is 0 Å². The van der Waals surface area contributed by atoms with Crippen LogP contribution in [-0.4, -0.2) is 77.5 Å². The number of ether oxygens (including phenoxy) is 2. The number of phosphoric acid groups is 1. The second kappa shape index (κ2) is 30.6. The summed E-state index contributed by atoms with van der Waals surface area (Å²) in [5.41, 5.74) is 7.92. The van der Waals surface area contributed by atoms with Gasteiger partial charge in [-0.25, -0.2) is 4.57 Å². The molecule has 14 heteroatoms. The summed E-state index contributed by atoms with van der Waals surface area (Å²) in [7, 11) is -4.45. The summed E-state index contributed by atoms with van der Waals surface area (Å²) in [5, 5.41) is 20.8. The molecule has 1 unspecified atom stereocenters. The number of Topliss-reactive ketones (excluding diaryl/α,β-unsaturated/α-hetero) is 1. The Balaban J connectivity index is 1.70. The van der Waals surface area contributed by atoms with Crippen LogP contribution in [0.5, 0.6) is 0 Å². The first kappa shape index (κ1) is 52.8. The van der Waals surface area contributed by atoms with Crippen LogP contribution in [0, 0.1) is 25.7 Å². The van der Waals surface area contributed by atoms with Gasteiger partial charge < -0.3 is 34.7 Å². The Bertz CT molecular complexity index is 1410. The van der Waals surface area contributed by atoms with Gasteiger partial charge in [-0.3, -0.25) is 23.4 Å². The molecule has 1 aliphatic rings. The second-order valence-electron chi connectivity index (χ2n) is 16.3. The smallest absolute Gasteiger partial charge is 0.466 e. The summed E-state index contributed by atoms with van der Waals surface area (Å²) in [6.07, 6.45) is 19.9. The minimum Gasteiger partial charge on any atom is -0.466 e. The highest BCUT2D eigenvalue weighted by Gasteiger charge is 2.39. The average Bonchev–Trinajstić information content (AvgIpc) is 3.63. The van der Waals surface area contributed by atoms with E-state index >= 15 is 0 Å². The molecule has 340 valence electrons. The standard InChI is InChI=1S/C45H78NO12P/c1-5-7-15-21-36(47)27-28-39-38(40(48)31-41(39)49)22-17-13-14-19-25-44(50)54-32-37(33-56-59(52,53)55-30-29-46)57-45(51)26-20-12-10-9-11-18-24-43-35(4)34(3)42(58-43)23-16-8-6-2/h27-28,36-40,47-48H,5-26,29-33,46H2,1-4H3,(H,52,53)/b28-27+/t36-,37+,38+,39+,40-/m0/s1. The van der Waals surface area contributed by atoms with Crippen LogP contribution in [0.2, 0.25) is 0 Å². The molecule has 0 amide bonds. The quantitative estimate of drug-likeness (QED) is 0.0218. The van der Waals surface area contributed by atoms with Gasteiger partial charge in [-0.15, -0.1) is 0 Å². The molecule has 1 aromatic heterocycles. The maximum Gasteiger partial charge on any atom is 0.472 e. The van der Waals surface area contributed by atoms with Crippen molar-refractivity contribution in [1.29, 1.82) is 0 Å². The normalized spacial score (nSPS) is 19.0. The van der Waals surface area contributed by atoms with Crippen LogP contribution in [0.3, 0.4) is 0 Å². The van der Waals surface area contributed by atoms with Crippen LogP contribution in [0.15, 0.2) is 16.6 Å². The predicted octanol–water partition coefficient (Wildman–Crippen LogP) is 8.85. The molecule has 0 bridgehead atoms. The van der Waals surface area contributed by atoms with Gasteiger partial charge in [0.15, 0.2) is 6.10 Å². The number of allylic oxidation sites excluding steroid dienone is 1. The van der Waals surface area contributed by atoms with Crippen molar-refractivity contribution < 1.29 is 57.0 Å². The molecule has 0 saturated heterocycles. The van der Waals surface area contributed by atoms with Crippen molar-refractivity contribution >= 4 is 25.5 Å². The van der Waals surface area contributed by atoms with E-state index in [-0.39, 0.29) is 50.7 Å². The van der Waals surface area contributed by atoms with Gasteiger partial charge in [-0.2, -0.15) is 0 Å². The molecule has 1 aliphatic carbocycles. The Morgan fingerprint density at radius 1 is 0.831 bits per heavy atom. The van der Waals surface area contributed by atoms with Crippen molar-refractivity contribution in [3.05, 3.63) is 34.8 Å². The first-order valence-electron chi connectivity index (χ1n) is 22.6. The Hall–Kier alpha value is -2.38. The molecule has 0 aromatic carbocycles. The van der Waals surface area contributed by atoms with E-state index < -0.39 is 50.6 Å². The van der Waals surface area contributed by atoms with Crippen LogP contribution in [0.1, 0.15) is 171 Å². The Morgan fingerprint density at radius 3 is 2.05 bits per heavy atom. The van der Waals surface area contributed by atoms with Gasteiger partial charge in [0.25, 0.3) is 0 Å². The summed E-state index contributed by atoms with van der Waals surface area (Å²) in [6.45, 7) is 7.58. The number of carbonyl (C=O) groups is 3. The topological polar surface area (TPSA) is 205 Å². The number of aliphatic hydroxyl groups excluding tert-OH is 2. The van der Waals surface area contributed by atoms with Crippen molar-refractivity contribution in [2.45, 2.75) is 194 Å². The maximum absolute atomic E-state index is 12.7. The largest absolute Gasteiger partial charge is 0.472 e. The van der Waals surface area contributed by atoms with E-state index in [9.17, 15) is 34.1 Å². The number of rotatable bonds is 35. The number of carbonyl (C=O) groups excluding carboxylic acids is 3. The predicted molar refractivity (Wildman–Crippen MR) is 229 cm³/mol. The molecule has 0 radical (unpaired) electrons. The first-order valence-corrected chi connectivity index (χ1v) is 24.1. The summed E-state index contributed by atoms with van der Waals surface area (Å²) in [4.78, 5) is 47.8. The molecule has 6 atom stereocenters. The van der Waals surface area contributed by atoms with Gasteiger partial charge in [0.05, 0.1) is 25.4 Å². The number of unbranched alkanes of at least 4 members (excludes halogenated alkanes) is 12. The van der Waals surface area contributed by atoms with Crippen molar-refractivity contribution in [2.24, 2.45) is 17.6 Å². The number of phosphoric ester groups is 1. The van der Waals surface area contributed by atoms with Crippen LogP contribution in [0.25, 0.3) is 0 Å². The zero-order valence-corrected chi connectivity index (χ0v) is 37.6. The molecular formula is C45H78NO12P. The lowest BCUT2D eigenvalue weighted by Crippen LogP contribution is -2.29. The molecular weight excluding hydrogens is 777 g/mol. The SMILES string of the molecule is CCCCCc1oc(CCCCCCCCC(=O)O[C@H](COC(=O)CCCCCC[C@H]2[C@@H](O)CC(=O)[C@@H]2/C=C/[C@@H](O)CCCCC)COP(=O)(O)OCCN)c(C)c1C. The van der Waals surface area contributed by atoms with Gasteiger partial charge in [0, 0.05) is 44.6 Å². The molecule has 1 fully saturated rings. The highest BCUT2D eigenvalue weighted by molar-refractivity contribution is 7.47. The summed E-state index contributed by atoms with van der Waals surface area (Å²) >= 11 is 0. The summed E-state index contributed by atoms with van der Waals surface area (Å²) in [5.74, 6) is 0.641. The minimum atomic E-state index is -4.45. The van der Waals surface area contributed by atoms with Crippen LogP contribution < -0.4 is 5.73 Å². The maximum atomic E-state index is 12.7. The zero-order chi connectivity index (χ0) is 43.5. The lowest BCUT2D eigenvalue weighted by atomic mass is 9.88. The van der Waals surface area contributed by atoms with Crippen LogP contribution in [-0.2, 0) is 50.3 Å². The molecule has 0 spiro atoms. The number of furan rings is 1. The molecule has 1 heterocycles. The number of hydrogen-bond acceptors (Lipinski definition) is 12. The summed E-state index contributed by atoms with van der Waals surface area (Å²) in [6, 6.07) is 0. The van der Waals surface area contributed by atoms with Gasteiger partial charge in [0.2, 0.25) is 0 Å². The van der Waals surface area contributed by atoms with E-state index in [2.05, 4.69) is 27.7 Å². The van der Waals surface area contributed by atoms with Crippen molar-refractivity contribution in [2.75, 3.05) is 26.4 Å². The number of nitrogens with two attached hydrogens (primary N) is 1.